The summed E-state index contributed by atoms with van der Waals surface area (Å²) in [7, 11) is 0. The average molecular weight is 244 g/mol. The fourth-order valence-electron chi connectivity index (χ4n) is 2.73. The van der Waals surface area contributed by atoms with Gasteiger partial charge in [-0.2, -0.15) is 0 Å². The van der Waals surface area contributed by atoms with Gasteiger partial charge in [0.05, 0.1) is 13.2 Å². The van der Waals surface area contributed by atoms with Gasteiger partial charge >= 0.3 is 0 Å². The zero-order valence-corrected chi connectivity index (χ0v) is 10.8. The molecule has 4 atom stereocenters. The minimum Gasteiger partial charge on any atom is -0.370 e. The molecule has 0 aromatic rings. The molecule has 3 rings (SSSR count). The van der Waals surface area contributed by atoms with Gasteiger partial charge in [0, 0.05) is 0 Å². The molecule has 0 saturated carbocycles. The van der Waals surface area contributed by atoms with Crippen LogP contribution in [0.2, 0.25) is 0 Å². The van der Waals surface area contributed by atoms with Gasteiger partial charge in [-0.1, -0.05) is 0 Å². The fraction of sp³-hybridized carbons (Fsp3) is 1.00. The van der Waals surface area contributed by atoms with Gasteiger partial charge in [0.1, 0.15) is 24.4 Å². The minimum atomic E-state index is -0.581. The lowest BCUT2D eigenvalue weighted by molar-refractivity contribution is -0.339. The van der Waals surface area contributed by atoms with Crippen LogP contribution in [0, 0.1) is 0 Å². The lowest BCUT2D eigenvalue weighted by Crippen LogP contribution is -2.60. The summed E-state index contributed by atoms with van der Waals surface area (Å²) in [6.07, 6.45) is -0.270. The smallest absolute Gasteiger partial charge is 0.164 e. The highest BCUT2D eigenvalue weighted by molar-refractivity contribution is 4.97. The third kappa shape index (κ3) is 2.11. The Morgan fingerprint density at radius 2 is 1.41 bits per heavy atom. The van der Waals surface area contributed by atoms with Crippen LogP contribution in [0.3, 0.4) is 0 Å². The summed E-state index contributed by atoms with van der Waals surface area (Å²) >= 11 is 0. The van der Waals surface area contributed by atoms with Crippen molar-refractivity contribution in [1.82, 2.24) is 0 Å². The Balaban J connectivity index is 1.80. The molecule has 17 heavy (non-hydrogen) atoms. The Bertz CT molecular complexity index is 314. The molecule has 0 aromatic heterocycles. The van der Waals surface area contributed by atoms with Crippen LogP contribution in [0.4, 0.5) is 0 Å². The molecule has 3 heterocycles. The Morgan fingerprint density at radius 1 is 0.765 bits per heavy atom. The number of hydrogen-bond donors (Lipinski definition) is 0. The second-order valence-electron chi connectivity index (χ2n) is 5.80. The summed E-state index contributed by atoms with van der Waals surface area (Å²) in [6.45, 7) is 8.75. The topological polar surface area (TPSA) is 46.2 Å². The Labute approximate surface area is 101 Å². The van der Waals surface area contributed by atoms with Crippen molar-refractivity contribution in [1.29, 1.82) is 0 Å². The molecule has 3 fully saturated rings. The standard InChI is InChI=1S/C12H20O5/c1-11(2)14-6-7-9(16-11)10-8(5-13-7)15-12(3,4)17-10/h7-10H,5-6H2,1-4H3/t7-,8-,9-,10-/m1/s1. The van der Waals surface area contributed by atoms with E-state index in [2.05, 4.69) is 0 Å². The number of rotatable bonds is 0. The third-order valence-electron chi connectivity index (χ3n) is 3.40. The normalized spacial score (nSPS) is 47.3. The van der Waals surface area contributed by atoms with Crippen LogP contribution in [-0.2, 0) is 23.7 Å². The van der Waals surface area contributed by atoms with Crippen LogP contribution in [0.25, 0.3) is 0 Å². The minimum absolute atomic E-state index is 0.0415. The lowest BCUT2D eigenvalue weighted by atomic mass is 9.99. The van der Waals surface area contributed by atoms with Gasteiger partial charge in [-0.3, -0.25) is 0 Å². The SMILES string of the molecule is CC1(C)OC[C@H]2OC[C@H]3OC(C)(C)O[C@H]3[C@@H]2O1. The van der Waals surface area contributed by atoms with Gasteiger partial charge in [0.2, 0.25) is 0 Å². The van der Waals surface area contributed by atoms with Gasteiger partial charge < -0.3 is 23.7 Å². The maximum Gasteiger partial charge on any atom is 0.164 e. The highest BCUT2D eigenvalue weighted by Crippen LogP contribution is 2.39. The van der Waals surface area contributed by atoms with Gasteiger partial charge in [0.25, 0.3) is 0 Å². The average Bonchev–Trinajstić information content (AvgIpc) is 2.51. The van der Waals surface area contributed by atoms with Crippen LogP contribution < -0.4 is 0 Å². The molecular weight excluding hydrogens is 224 g/mol. The maximum atomic E-state index is 5.93. The van der Waals surface area contributed by atoms with Gasteiger partial charge in [-0.05, 0) is 27.7 Å². The third-order valence-corrected chi connectivity index (χ3v) is 3.40. The van der Waals surface area contributed by atoms with E-state index >= 15 is 0 Å². The number of ether oxygens (including phenoxy) is 5. The highest BCUT2D eigenvalue weighted by atomic mass is 16.8. The molecule has 0 amide bonds. The molecule has 0 aromatic carbocycles. The second-order valence-corrected chi connectivity index (χ2v) is 5.80. The van der Waals surface area contributed by atoms with Gasteiger partial charge in [-0.15, -0.1) is 0 Å². The summed E-state index contributed by atoms with van der Waals surface area (Å²) in [5.41, 5.74) is 0. The zero-order chi connectivity index (χ0) is 12.3. The molecule has 3 aliphatic rings. The van der Waals surface area contributed by atoms with Crippen LogP contribution in [0.15, 0.2) is 0 Å². The van der Waals surface area contributed by atoms with Crippen molar-refractivity contribution in [3.63, 3.8) is 0 Å². The van der Waals surface area contributed by atoms with E-state index in [1.165, 1.54) is 0 Å². The highest BCUT2D eigenvalue weighted by Gasteiger charge is 2.54. The second kappa shape index (κ2) is 3.65. The molecule has 3 aliphatic heterocycles. The Morgan fingerprint density at radius 3 is 2.18 bits per heavy atom. The predicted octanol–water partition coefficient (Wildman–Crippen LogP) is 1.06. The summed E-state index contributed by atoms with van der Waals surface area (Å²) in [4.78, 5) is 0. The van der Waals surface area contributed by atoms with Crippen molar-refractivity contribution >= 4 is 0 Å². The molecule has 0 N–H and O–H groups in total. The predicted molar refractivity (Wildman–Crippen MR) is 58.5 cm³/mol. The van der Waals surface area contributed by atoms with E-state index in [-0.39, 0.29) is 24.4 Å². The van der Waals surface area contributed by atoms with Gasteiger partial charge in [-0.25, -0.2) is 0 Å². The summed E-state index contributed by atoms with van der Waals surface area (Å²) in [5, 5.41) is 0. The van der Waals surface area contributed by atoms with Crippen molar-refractivity contribution in [3.8, 4) is 0 Å². The van der Waals surface area contributed by atoms with E-state index in [4.69, 9.17) is 23.7 Å². The first-order chi connectivity index (χ1) is 7.86. The van der Waals surface area contributed by atoms with E-state index in [1.807, 2.05) is 27.7 Å². The van der Waals surface area contributed by atoms with Crippen molar-refractivity contribution in [2.75, 3.05) is 13.2 Å². The summed E-state index contributed by atoms with van der Waals surface area (Å²) < 4.78 is 29.0. The van der Waals surface area contributed by atoms with E-state index in [0.717, 1.165) is 0 Å². The van der Waals surface area contributed by atoms with Crippen LogP contribution in [0.5, 0.6) is 0 Å². The molecule has 0 aliphatic carbocycles. The van der Waals surface area contributed by atoms with E-state index in [9.17, 15) is 0 Å². The first-order valence-corrected chi connectivity index (χ1v) is 6.15. The monoisotopic (exact) mass is 244 g/mol. The summed E-state index contributed by atoms with van der Waals surface area (Å²) in [6, 6.07) is 0. The molecular formula is C12H20O5. The van der Waals surface area contributed by atoms with Crippen LogP contribution >= 0.6 is 0 Å². The van der Waals surface area contributed by atoms with E-state index in [1.54, 1.807) is 0 Å². The molecule has 0 radical (unpaired) electrons. The first-order valence-electron chi connectivity index (χ1n) is 6.15. The first kappa shape index (κ1) is 11.9. The Hall–Kier alpha value is -0.200. The number of hydrogen-bond acceptors (Lipinski definition) is 5. The van der Waals surface area contributed by atoms with E-state index in [0.29, 0.717) is 13.2 Å². The molecule has 0 unspecified atom stereocenters. The molecule has 0 spiro atoms. The lowest BCUT2D eigenvalue weighted by Gasteiger charge is -2.46. The maximum absolute atomic E-state index is 5.93. The molecule has 3 saturated heterocycles. The van der Waals surface area contributed by atoms with E-state index < -0.39 is 11.6 Å². The van der Waals surface area contributed by atoms with Crippen molar-refractivity contribution in [2.24, 2.45) is 0 Å². The largest absolute Gasteiger partial charge is 0.370 e. The van der Waals surface area contributed by atoms with Crippen molar-refractivity contribution in [2.45, 2.75) is 63.7 Å². The van der Waals surface area contributed by atoms with Crippen molar-refractivity contribution in [3.05, 3.63) is 0 Å². The Kier molecular flexibility index (Phi) is 2.55. The molecule has 0 bridgehead atoms. The van der Waals surface area contributed by atoms with Crippen molar-refractivity contribution < 1.29 is 23.7 Å². The molecule has 5 nitrogen and oxygen atoms in total. The van der Waals surface area contributed by atoms with Crippen LogP contribution in [0.1, 0.15) is 27.7 Å². The van der Waals surface area contributed by atoms with Gasteiger partial charge in [0.15, 0.2) is 11.6 Å². The zero-order valence-electron chi connectivity index (χ0n) is 10.8. The number of fused-ring (bicyclic) bond motifs is 3. The quantitative estimate of drug-likeness (QED) is 0.637. The fourth-order valence-corrected chi connectivity index (χ4v) is 2.73. The molecule has 5 heteroatoms. The summed E-state index contributed by atoms with van der Waals surface area (Å²) in [5.74, 6) is -1.14. The molecule has 98 valence electrons. The van der Waals surface area contributed by atoms with Crippen LogP contribution in [-0.4, -0.2) is 49.2 Å².